The van der Waals surface area contributed by atoms with Gasteiger partial charge < -0.3 is 15.4 Å². The van der Waals surface area contributed by atoms with E-state index in [0.717, 1.165) is 30.0 Å². The van der Waals surface area contributed by atoms with Crippen LogP contribution in [0.2, 0.25) is 0 Å². The summed E-state index contributed by atoms with van der Waals surface area (Å²) in [6, 6.07) is 7.67. The van der Waals surface area contributed by atoms with Gasteiger partial charge in [0.1, 0.15) is 12.4 Å². The number of nitrogens with one attached hydrogen (secondary N) is 2. The highest BCUT2D eigenvalue weighted by Crippen LogP contribution is 2.17. The SMILES string of the molecule is C=C(C)COc1cccc(NCC(=O)NCCCCCCCCCCCCCCCC)c1. The average molecular weight is 445 g/mol. The zero-order valence-corrected chi connectivity index (χ0v) is 20.9. The second-order valence-corrected chi connectivity index (χ2v) is 9.07. The second kappa shape index (κ2) is 19.7. The number of rotatable bonds is 21. The minimum Gasteiger partial charge on any atom is -0.489 e. The molecule has 1 aromatic rings. The van der Waals surface area contributed by atoms with E-state index in [1.165, 1.54) is 83.5 Å². The third-order valence-electron chi connectivity index (χ3n) is 5.62. The van der Waals surface area contributed by atoms with Crippen molar-refractivity contribution in [3.05, 3.63) is 36.4 Å². The fourth-order valence-corrected chi connectivity index (χ4v) is 3.69. The summed E-state index contributed by atoms with van der Waals surface area (Å²) >= 11 is 0. The standard InChI is InChI=1S/C28H48N2O2/c1-4-5-6-7-8-9-10-11-12-13-14-15-16-17-21-29-28(31)23-30-26-19-18-20-27(22-26)32-24-25(2)3/h18-20,22,30H,2,4-17,21,23-24H2,1,3H3,(H,29,31). The van der Waals surface area contributed by atoms with E-state index in [1.807, 2.05) is 31.2 Å². The van der Waals surface area contributed by atoms with Crippen molar-refractivity contribution in [2.75, 3.05) is 25.0 Å². The molecular formula is C28H48N2O2. The molecule has 0 radical (unpaired) electrons. The van der Waals surface area contributed by atoms with Crippen LogP contribution < -0.4 is 15.4 Å². The quantitative estimate of drug-likeness (QED) is 0.151. The molecule has 0 aliphatic carbocycles. The molecule has 0 fully saturated rings. The fraction of sp³-hybridized carbons (Fsp3) is 0.679. The fourth-order valence-electron chi connectivity index (χ4n) is 3.69. The minimum absolute atomic E-state index is 0.0351. The van der Waals surface area contributed by atoms with Gasteiger partial charge in [0, 0.05) is 18.3 Å². The van der Waals surface area contributed by atoms with Crippen molar-refractivity contribution in [1.29, 1.82) is 0 Å². The molecule has 0 aliphatic rings. The highest BCUT2D eigenvalue weighted by atomic mass is 16.5. The van der Waals surface area contributed by atoms with Crippen LogP contribution in [0.15, 0.2) is 36.4 Å². The van der Waals surface area contributed by atoms with Crippen molar-refractivity contribution in [1.82, 2.24) is 5.32 Å². The molecule has 0 atom stereocenters. The third kappa shape index (κ3) is 16.7. The second-order valence-electron chi connectivity index (χ2n) is 9.07. The Labute approximate surface area is 197 Å². The summed E-state index contributed by atoms with van der Waals surface area (Å²) in [5.74, 6) is 0.814. The van der Waals surface area contributed by atoms with Crippen LogP contribution in [0, 0.1) is 0 Å². The summed E-state index contributed by atoms with van der Waals surface area (Å²) in [7, 11) is 0. The lowest BCUT2D eigenvalue weighted by atomic mass is 10.0. The van der Waals surface area contributed by atoms with Crippen LogP contribution in [0.3, 0.4) is 0 Å². The molecule has 32 heavy (non-hydrogen) atoms. The van der Waals surface area contributed by atoms with E-state index in [4.69, 9.17) is 4.74 Å². The number of carbonyl (C=O) groups excluding carboxylic acids is 1. The largest absolute Gasteiger partial charge is 0.489 e. The van der Waals surface area contributed by atoms with Crippen LogP contribution in [0.5, 0.6) is 5.75 Å². The van der Waals surface area contributed by atoms with Crippen LogP contribution in [-0.4, -0.2) is 25.6 Å². The highest BCUT2D eigenvalue weighted by molar-refractivity contribution is 5.80. The van der Waals surface area contributed by atoms with Crippen LogP contribution in [0.4, 0.5) is 5.69 Å². The third-order valence-corrected chi connectivity index (χ3v) is 5.62. The molecule has 0 aliphatic heterocycles. The van der Waals surface area contributed by atoms with Crippen LogP contribution in [0.25, 0.3) is 0 Å². The maximum atomic E-state index is 12.0. The van der Waals surface area contributed by atoms with E-state index in [0.29, 0.717) is 6.61 Å². The first-order chi connectivity index (χ1) is 15.6. The topological polar surface area (TPSA) is 50.4 Å². The summed E-state index contributed by atoms with van der Waals surface area (Å²) < 4.78 is 5.64. The molecular weight excluding hydrogens is 396 g/mol. The highest BCUT2D eigenvalue weighted by Gasteiger charge is 2.02. The molecule has 0 bridgehead atoms. The van der Waals surface area contributed by atoms with Crippen molar-refractivity contribution in [2.24, 2.45) is 0 Å². The number of carbonyl (C=O) groups is 1. The Hall–Kier alpha value is -1.97. The molecule has 0 unspecified atom stereocenters. The number of hydrogen-bond acceptors (Lipinski definition) is 3. The number of benzene rings is 1. The average Bonchev–Trinajstić information content (AvgIpc) is 2.79. The lowest BCUT2D eigenvalue weighted by Gasteiger charge is -2.10. The van der Waals surface area contributed by atoms with Gasteiger partial charge in [0.15, 0.2) is 0 Å². The number of unbranched alkanes of at least 4 members (excludes halogenated alkanes) is 13. The number of hydrogen-bond donors (Lipinski definition) is 2. The zero-order chi connectivity index (χ0) is 23.3. The van der Waals surface area contributed by atoms with Crippen molar-refractivity contribution in [3.63, 3.8) is 0 Å². The summed E-state index contributed by atoms with van der Waals surface area (Å²) in [6.07, 6.45) is 18.9. The van der Waals surface area contributed by atoms with Crippen molar-refractivity contribution < 1.29 is 9.53 Å². The van der Waals surface area contributed by atoms with Gasteiger partial charge in [-0.05, 0) is 31.1 Å². The van der Waals surface area contributed by atoms with Gasteiger partial charge in [-0.2, -0.15) is 0 Å². The Balaban J connectivity index is 1.92. The first-order valence-electron chi connectivity index (χ1n) is 13.0. The summed E-state index contributed by atoms with van der Waals surface area (Å²) in [6.45, 7) is 9.60. The summed E-state index contributed by atoms with van der Waals surface area (Å²) in [4.78, 5) is 12.0. The van der Waals surface area contributed by atoms with Gasteiger partial charge in [-0.15, -0.1) is 0 Å². The Bertz CT molecular complexity index is 615. The molecule has 2 N–H and O–H groups in total. The predicted octanol–water partition coefficient (Wildman–Crippen LogP) is 7.65. The Morgan fingerprint density at radius 2 is 1.44 bits per heavy atom. The first kappa shape index (κ1) is 28.1. The van der Waals surface area contributed by atoms with E-state index in [-0.39, 0.29) is 12.5 Å². The molecule has 0 heterocycles. The van der Waals surface area contributed by atoms with Gasteiger partial charge in [-0.25, -0.2) is 0 Å². The number of ether oxygens (including phenoxy) is 1. The molecule has 1 rings (SSSR count). The maximum absolute atomic E-state index is 12.0. The molecule has 182 valence electrons. The van der Waals surface area contributed by atoms with Gasteiger partial charge in [-0.1, -0.05) is 103 Å². The number of anilines is 1. The minimum atomic E-state index is 0.0351. The lowest BCUT2D eigenvalue weighted by Crippen LogP contribution is -2.30. The molecule has 4 nitrogen and oxygen atoms in total. The van der Waals surface area contributed by atoms with Gasteiger partial charge >= 0.3 is 0 Å². The maximum Gasteiger partial charge on any atom is 0.239 e. The normalized spacial score (nSPS) is 10.7. The summed E-state index contributed by atoms with van der Waals surface area (Å²) in [5, 5.41) is 6.17. The first-order valence-corrected chi connectivity index (χ1v) is 13.0. The molecule has 0 saturated carbocycles. The van der Waals surface area contributed by atoms with Crippen LogP contribution in [0.1, 0.15) is 104 Å². The van der Waals surface area contributed by atoms with Crippen molar-refractivity contribution in [3.8, 4) is 5.75 Å². The van der Waals surface area contributed by atoms with Crippen molar-refractivity contribution in [2.45, 2.75) is 104 Å². The molecule has 0 aromatic heterocycles. The van der Waals surface area contributed by atoms with E-state index in [1.54, 1.807) is 0 Å². The Morgan fingerprint density at radius 3 is 2.00 bits per heavy atom. The smallest absolute Gasteiger partial charge is 0.239 e. The molecule has 1 amide bonds. The van der Waals surface area contributed by atoms with Gasteiger partial charge in [0.05, 0.1) is 6.54 Å². The van der Waals surface area contributed by atoms with Crippen molar-refractivity contribution >= 4 is 11.6 Å². The lowest BCUT2D eigenvalue weighted by molar-refractivity contribution is -0.119. The Morgan fingerprint density at radius 1 is 0.875 bits per heavy atom. The Kier molecular flexibility index (Phi) is 17.3. The number of amides is 1. The van der Waals surface area contributed by atoms with Gasteiger partial charge in [0.25, 0.3) is 0 Å². The van der Waals surface area contributed by atoms with Gasteiger partial charge in [0.2, 0.25) is 5.91 Å². The van der Waals surface area contributed by atoms with E-state index in [9.17, 15) is 4.79 Å². The molecule has 1 aromatic carbocycles. The molecule has 0 spiro atoms. The van der Waals surface area contributed by atoms with Gasteiger partial charge in [-0.3, -0.25) is 4.79 Å². The monoisotopic (exact) mass is 444 g/mol. The molecule has 4 heteroatoms. The van der Waals surface area contributed by atoms with Crippen LogP contribution >= 0.6 is 0 Å². The summed E-state index contributed by atoms with van der Waals surface area (Å²) in [5.41, 5.74) is 1.86. The predicted molar refractivity (Wildman–Crippen MR) is 139 cm³/mol. The van der Waals surface area contributed by atoms with E-state index < -0.39 is 0 Å². The molecule has 0 saturated heterocycles. The van der Waals surface area contributed by atoms with Crippen LogP contribution in [-0.2, 0) is 4.79 Å². The zero-order valence-electron chi connectivity index (χ0n) is 20.9. The van der Waals surface area contributed by atoms with E-state index >= 15 is 0 Å². The van der Waals surface area contributed by atoms with E-state index in [2.05, 4.69) is 24.1 Å².